The van der Waals surface area contributed by atoms with Crippen molar-refractivity contribution in [3.63, 3.8) is 0 Å². The number of hydrogen-bond acceptors (Lipinski definition) is 7. The summed E-state index contributed by atoms with van der Waals surface area (Å²) in [5.74, 6) is -0.418. The average molecular weight is 703 g/mol. The summed E-state index contributed by atoms with van der Waals surface area (Å²) >= 11 is 1.22. The highest BCUT2D eigenvalue weighted by molar-refractivity contribution is 8.04. The molecule has 8 rings (SSSR count). The van der Waals surface area contributed by atoms with E-state index in [-0.39, 0.29) is 22.6 Å². The fourth-order valence-electron chi connectivity index (χ4n) is 6.24. The number of benzene rings is 6. The van der Waals surface area contributed by atoms with Crippen LogP contribution in [0.1, 0.15) is 32.4 Å². The van der Waals surface area contributed by atoms with Crippen LogP contribution in [0.15, 0.2) is 143 Å². The molecule has 0 aliphatic carbocycles. The van der Waals surface area contributed by atoms with Gasteiger partial charge in [-0.3, -0.25) is 24.4 Å². The van der Waals surface area contributed by atoms with Crippen molar-refractivity contribution in [2.45, 2.75) is 12.3 Å². The predicted octanol–water partition coefficient (Wildman–Crippen LogP) is 7.89. The summed E-state index contributed by atoms with van der Waals surface area (Å²) in [6.07, 6.45) is 1.62. The maximum atomic E-state index is 13.9. The smallest absolute Gasteiger partial charge is 0.280 e. The third-order valence-corrected chi connectivity index (χ3v) is 10.2. The number of aromatic nitrogens is 2. The number of thioether (sulfide) groups is 1. The molecule has 1 atom stereocenters. The first-order valence-electron chi connectivity index (χ1n) is 16.5. The van der Waals surface area contributed by atoms with Crippen LogP contribution in [0.3, 0.4) is 0 Å². The molecule has 1 aromatic heterocycles. The van der Waals surface area contributed by atoms with Crippen molar-refractivity contribution in [2.75, 3.05) is 0 Å². The van der Waals surface area contributed by atoms with Crippen molar-refractivity contribution in [2.24, 2.45) is 0 Å². The highest BCUT2D eigenvalue weighted by Gasteiger charge is 2.39. The predicted molar refractivity (Wildman–Crippen MR) is 204 cm³/mol. The molecule has 0 radical (unpaired) electrons. The Morgan fingerprint density at radius 2 is 1.48 bits per heavy atom. The lowest BCUT2D eigenvalue weighted by atomic mass is 10.0. The Morgan fingerprint density at radius 3 is 2.23 bits per heavy atom. The summed E-state index contributed by atoms with van der Waals surface area (Å²) in [4.78, 5) is 46.7. The van der Waals surface area contributed by atoms with Gasteiger partial charge in [-0.2, -0.15) is 0 Å². The Balaban J connectivity index is 1.12. The number of carbonyl (C=O) groups excluding carboxylic acids is 2. The molecule has 3 N–H and O–H groups in total. The van der Waals surface area contributed by atoms with Gasteiger partial charge in [0, 0.05) is 22.1 Å². The number of phenols is 2. The Kier molecular flexibility index (Phi) is 8.29. The Bertz CT molecular complexity index is 2620. The van der Waals surface area contributed by atoms with Gasteiger partial charge in [0.25, 0.3) is 17.4 Å². The molecule has 1 unspecified atom stereocenters. The lowest BCUT2D eigenvalue weighted by Gasteiger charge is -2.24. The molecule has 1 aliphatic heterocycles. The van der Waals surface area contributed by atoms with Gasteiger partial charge in [0.05, 0.1) is 21.5 Å². The summed E-state index contributed by atoms with van der Waals surface area (Å²) in [6.45, 7) is 1.99. The lowest BCUT2D eigenvalue weighted by Crippen LogP contribution is -2.44. The van der Waals surface area contributed by atoms with Crippen molar-refractivity contribution in [3.8, 4) is 28.6 Å². The van der Waals surface area contributed by atoms with Crippen LogP contribution < -0.4 is 11.0 Å². The molecule has 254 valence electrons. The number of rotatable bonds is 6. The van der Waals surface area contributed by atoms with Crippen molar-refractivity contribution >= 4 is 51.3 Å². The highest BCUT2D eigenvalue weighted by Crippen LogP contribution is 2.46. The zero-order chi connectivity index (χ0) is 35.9. The first-order chi connectivity index (χ1) is 25.2. The normalized spacial score (nSPS) is 15.1. The van der Waals surface area contributed by atoms with Crippen LogP contribution >= 0.6 is 11.8 Å². The molecule has 6 aromatic carbocycles. The summed E-state index contributed by atoms with van der Waals surface area (Å²) in [7, 11) is 0. The standard InChI is InChI=1S/C42H30N4O5S/c1-25-10-12-27(13-11-25)38-43-35-9-5-4-8-34(35)40(50)45(38)31-20-16-28(17-21-31)39(49)44-46-41(51)36(52-42(46)29-18-22-32(47)23-19-29)24-30-15-14-26-6-2-3-7-33(26)37(30)48/h2-24,42,47-48H,1H3,(H,44,49)/b36-24-. The summed E-state index contributed by atoms with van der Waals surface area (Å²) < 4.78 is 1.54. The number of para-hydroxylation sites is 1. The van der Waals surface area contributed by atoms with Crippen LogP contribution in [0.2, 0.25) is 0 Å². The summed E-state index contributed by atoms with van der Waals surface area (Å²) in [5.41, 5.74) is 6.87. The van der Waals surface area contributed by atoms with Crippen LogP contribution in [0.25, 0.3) is 44.8 Å². The van der Waals surface area contributed by atoms with E-state index in [1.165, 1.54) is 33.5 Å². The van der Waals surface area contributed by atoms with Crippen molar-refractivity contribution in [1.29, 1.82) is 0 Å². The van der Waals surface area contributed by atoms with E-state index >= 15 is 0 Å². The van der Waals surface area contributed by atoms with Gasteiger partial charge in [-0.25, -0.2) is 9.99 Å². The van der Waals surface area contributed by atoms with Crippen LogP contribution in [0.5, 0.6) is 11.5 Å². The lowest BCUT2D eigenvalue weighted by molar-refractivity contribution is -0.128. The van der Waals surface area contributed by atoms with Gasteiger partial charge in [-0.1, -0.05) is 102 Å². The SMILES string of the molecule is Cc1ccc(-c2nc3ccccc3c(=O)n2-c2ccc(C(=O)NN3C(=O)/C(=C/c4ccc5ccccc5c4O)SC3c3ccc(O)cc3)cc2)cc1. The second-order valence-corrected chi connectivity index (χ2v) is 13.5. The third-order valence-electron chi connectivity index (χ3n) is 8.99. The van der Waals surface area contributed by atoms with Crippen LogP contribution in [-0.2, 0) is 4.79 Å². The fourth-order valence-corrected chi connectivity index (χ4v) is 7.43. The molecule has 0 bridgehead atoms. The number of aromatic hydroxyl groups is 2. The molecule has 0 saturated carbocycles. The number of hydrazine groups is 1. The zero-order valence-corrected chi connectivity index (χ0v) is 28.5. The molecule has 2 amide bonds. The monoisotopic (exact) mass is 702 g/mol. The topological polar surface area (TPSA) is 125 Å². The van der Waals surface area contributed by atoms with E-state index in [1.54, 1.807) is 66.7 Å². The minimum Gasteiger partial charge on any atom is -0.508 e. The van der Waals surface area contributed by atoms with E-state index in [0.29, 0.717) is 43.8 Å². The Labute approximate surface area is 302 Å². The minimum absolute atomic E-state index is 0.0500. The molecule has 1 aliphatic rings. The van der Waals surface area contributed by atoms with Crippen LogP contribution in [-0.4, -0.2) is 36.6 Å². The van der Waals surface area contributed by atoms with Crippen molar-refractivity contribution in [3.05, 3.63) is 171 Å². The van der Waals surface area contributed by atoms with Gasteiger partial charge in [0.1, 0.15) is 22.7 Å². The second kappa shape index (κ2) is 13.2. The van der Waals surface area contributed by atoms with E-state index in [2.05, 4.69) is 5.43 Å². The minimum atomic E-state index is -0.663. The van der Waals surface area contributed by atoms with Crippen molar-refractivity contribution < 1.29 is 19.8 Å². The first-order valence-corrected chi connectivity index (χ1v) is 17.3. The number of carbonyl (C=O) groups is 2. The number of fused-ring (bicyclic) bond motifs is 2. The molecule has 10 heteroatoms. The maximum Gasteiger partial charge on any atom is 0.280 e. The van der Waals surface area contributed by atoms with Gasteiger partial charge < -0.3 is 10.2 Å². The quantitative estimate of drug-likeness (QED) is 0.151. The van der Waals surface area contributed by atoms with E-state index in [0.717, 1.165) is 16.5 Å². The molecule has 52 heavy (non-hydrogen) atoms. The molecule has 1 fully saturated rings. The average Bonchev–Trinajstić information content (AvgIpc) is 3.47. The van der Waals surface area contributed by atoms with Gasteiger partial charge in [-0.05, 0) is 72.5 Å². The van der Waals surface area contributed by atoms with Crippen LogP contribution in [0, 0.1) is 6.92 Å². The van der Waals surface area contributed by atoms with Gasteiger partial charge in [0.15, 0.2) is 0 Å². The van der Waals surface area contributed by atoms with Crippen molar-refractivity contribution in [1.82, 2.24) is 20.0 Å². The van der Waals surface area contributed by atoms with Crippen LogP contribution in [0.4, 0.5) is 0 Å². The number of amides is 2. The fraction of sp³-hybridized carbons (Fsp3) is 0.0476. The molecular weight excluding hydrogens is 673 g/mol. The first kappa shape index (κ1) is 32.5. The number of phenolic OH excluding ortho intramolecular Hbond substituents is 2. The van der Waals surface area contributed by atoms with E-state index < -0.39 is 17.2 Å². The Hall–Kier alpha value is -6.65. The van der Waals surface area contributed by atoms with Gasteiger partial charge in [0.2, 0.25) is 0 Å². The van der Waals surface area contributed by atoms with E-state index in [4.69, 9.17) is 4.98 Å². The van der Waals surface area contributed by atoms with Gasteiger partial charge in [-0.15, -0.1) is 0 Å². The second-order valence-electron chi connectivity index (χ2n) is 12.4. The molecular formula is C42H30N4O5S. The molecule has 7 aromatic rings. The maximum absolute atomic E-state index is 13.9. The highest BCUT2D eigenvalue weighted by atomic mass is 32.2. The summed E-state index contributed by atoms with van der Waals surface area (Å²) in [6, 6.07) is 38.9. The number of hydrogen-bond donors (Lipinski definition) is 3. The van der Waals surface area contributed by atoms with Gasteiger partial charge >= 0.3 is 0 Å². The van der Waals surface area contributed by atoms with E-state index in [9.17, 15) is 24.6 Å². The molecule has 1 saturated heterocycles. The molecule has 2 heterocycles. The summed E-state index contributed by atoms with van der Waals surface area (Å²) in [5, 5.41) is 23.5. The third kappa shape index (κ3) is 5.95. The largest absolute Gasteiger partial charge is 0.508 e. The molecule has 9 nitrogen and oxygen atoms in total. The van der Waals surface area contributed by atoms with E-state index in [1.807, 2.05) is 67.6 Å². The number of nitrogens with one attached hydrogen (secondary N) is 1. The number of aryl methyl sites for hydroxylation is 1. The number of nitrogens with zero attached hydrogens (tertiary/aromatic N) is 3. The molecule has 0 spiro atoms. The zero-order valence-electron chi connectivity index (χ0n) is 27.7. The Morgan fingerprint density at radius 1 is 0.788 bits per heavy atom.